The fraction of sp³-hybridized carbons (Fsp3) is 0.435. The van der Waals surface area contributed by atoms with Crippen molar-refractivity contribution in [1.29, 1.82) is 0 Å². The van der Waals surface area contributed by atoms with E-state index in [1.54, 1.807) is 9.80 Å². The van der Waals surface area contributed by atoms with Gasteiger partial charge in [-0.1, -0.05) is 32.9 Å². The Labute approximate surface area is 189 Å². The number of nitro benzene ring substituents is 1. The topological polar surface area (TPSA) is 75.9 Å². The molecule has 0 spiro atoms. The van der Waals surface area contributed by atoms with Crippen LogP contribution in [0.15, 0.2) is 42.5 Å². The van der Waals surface area contributed by atoms with Gasteiger partial charge in [-0.15, -0.1) is 0 Å². The second kappa shape index (κ2) is 9.29. The normalized spacial score (nSPS) is 14.8. The highest BCUT2D eigenvalue weighted by atomic mass is 19.4. The number of nitrogens with zero attached hydrogens (tertiary/aromatic N) is 3. The summed E-state index contributed by atoms with van der Waals surface area (Å²) in [5.74, 6) is 0.354. The Bertz CT molecular complexity index is 1010. The third kappa shape index (κ3) is 5.94. The van der Waals surface area contributed by atoms with Gasteiger partial charge >= 0.3 is 6.18 Å². The first-order valence-corrected chi connectivity index (χ1v) is 10.5. The lowest BCUT2D eigenvalue weighted by atomic mass is 9.87. The van der Waals surface area contributed by atoms with Gasteiger partial charge in [0.25, 0.3) is 11.6 Å². The molecule has 33 heavy (non-hydrogen) atoms. The number of ether oxygens (including phenoxy) is 1. The van der Waals surface area contributed by atoms with E-state index in [0.717, 1.165) is 17.7 Å². The van der Waals surface area contributed by atoms with Crippen molar-refractivity contribution in [3.05, 3.63) is 63.7 Å². The van der Waals surface area contributed by atoms with Crippen molar-refractivity contribution >= 4 is 17.3 Å². The summed E-state index contributed by atoms with van der Waals surface area (Å²) < 4.78 is 44.4. The molecule has 3 rings (SSSR count). The molecule has 1 fully saturated rings. The first kappa shape index (κ1) is 24.3. The number of amides is 1. The van der Waals surface area contributed by atoms with Crippen molar-refractivity contribution in [3.63, 3.8) is 0 Å². The van der Waals surface area contributed by atoms with Crippen molar-refractivity contribution in [2.45, 2.75) is 32.4 Å². The molecule has 1 aliphatic heterocycles. The number of benzene rings is 2. The van der Waals surface area contributed by atoms with E-state index in [0.29, 0.717) is 11.8 Å². The summed E-state index contributed by atoms with van der Waals surface area (Å²) in [6, 6.07) is 10.0. The van der Waals surface area contributed by atoms with Gasteiger partial charge in [-0.05, 0) is 35.2 Å². The Balaban J connectivity index is 1.58. The Morgan fingerprint density at radius 3 is 2.09 bits per heavy atom. The van der Waals surface area contributed by atoms with Crippen LogP contribution in [0.3, 0.4) is 0 Å². The number of rotatable bonds is 5. The molecule has 0 aliphatic carbocycles. The zero-order valence-electron chi connectivity index (χ0n) is 18.7. The predicted octanol–water partition coefficient (Wildman–Crippen LogP) is 4.64. The minimum Gasteiger partial charge on any atom is -0.484 e. The van der Waals surface area contributed by atoms with Gasteiger partial charge in [0, 0.05) is 32.2 Å². The van der Waals surface area contributed by atoms with Gasteiger partial charge in [0.2, 0.25) is 0 Å². The van der Waals surface area contributed by atoms with Crippen LogP contribution in [0.25, 0.3) is 0 Å². The molecule has 7 nitrogen and oxygen atoms in total. The molecule has 0 aromatic heterocycles. The van der Waals surface area contributed by atoms with E-state index < -0.39 is 22.4 Å². The fourth-order valence-corrected chi connectivity index (χ4v) is 3.60. The molecule has 1 aliphatic rings. The average molecular weight is 465 g/mol. The number of halogens is 3. The monoisotopic (exact) mass is 465 g/mol. The zero-order valence-corrected chi connectivity index (χ0v) is 18.7. The standard InChI is InChI=1S/C23H26F3N3O4/c1-22(2,3)16-4-7-18(8-5-16)33-15-21(30)28-12-10-27(11-13-28)19-9-6-17(23(24,25)26)14-20(19)29(31)32/h4-9,14H,10-13,15H2,1-3H3. The molecule has 1 saturated heterocycles. The third-order valence-electron chi connectivity index (χ3n) is 5.56. The minimum atomic E-state index is -4.67. The van der Waals surface area contributed by atoms with E-state index in [2.05, 4.69) is 20.8 Å². The summed E-state index contributed by atoms with van der Waals surface area (Å²) in [7, 11) is 0. The maximum atomic E-state index is 12.9. The molecule has 0 atom stereocenters. The van der Waals surface area contributed by atoms with Gasteiger partial charge in [0.05, 0.1) is 10.5 Å². The highest BCUT2D eigenvalue weighted by Crippen LogP contribution is 2.36. The molecule has 1 amide bonds. The van der Waals surface area contributed by atoms with Crippen LogP contribution in [0, 0.1) is 10.1 Å². The molecule has 0 saturated carbocycles. The predicted molar refractivity (Wildman–Crippen MR) is 118 cm³/mol. The maximum Gasteiger partial charge on any atom is 0.416 e. The van der Waals surface area contributed by atoms with Crippen LogP contribution in [-0.2, 0) is 16.4 Å². The van der Waals surface area contributed by atoms with Crippen LogP contribution in [0.5, 0.6) is 5.75 Å². The largest absolute Gasteiger partial charge is 0.484 e. The molecule has 0 bridgehead atoms. The molecule has 2 aromatic carbocycles. The van der Waals surface area contributed by atoms with Crippen LogP contribution in [-0.4, -0.2) is 48.5 Å². The Kier molecular flexibility index (Phi) is 6.85. The number of carbonyl (C=O) groups excluding carboxylic acids is 1. The molecule has 0 N–H and O–H groups in total. The smallest absolute Gasteiger partial charge is 0.416 e. The number of alkyl halides is 3. The fourth-order valence-electron chi connectivity index (χ4n) is 3.60. The summed E-state index contributed by atoms with van der Waals surface area (Å²) in [6.45, 7) is 7.25. The lowest BCUT2D eigenvalue weighted by molar-refractivity contribution is -0.384. The van der Waals surface area contributed by atoms with Gasteiger partial charge in [0.15, 0.2) is 6.61 Å². The molecule has 1 heterocycles. The van der Waals surface area contributed by atoms with Gasteiger partial charge < -0.3 is 14.5 Å². The van der Waals surface area contributed by atoms with Crippen molar-refractivity contribution in [2.75, 3.05) is 37.7 Å². The summed E-state index contributed by atoms with van der Waals surface area (Å²) >= 11 is 0. The lowest BCUT2D eigenvalue weighted by Gasteiger charge is -2.35. The highest BCUT2D eigenvalue weighted by Gasteiger charge is 2.34. The SMILES string of the molecule is CC(C)(C)c1ccc(OCC(=O)N2CCN(c3ccc(C(F)(F)F)cc3[N+](=O)[O-])CC2)cc1. The van der Waals surface area contributed by atoms with E-state index in [-0.39, 0.29) is 49.8 Å². The molecule has 0 unspecified atom stereocenters. The van der Waals surface area contributed by atoms with Gasteiger partial charge in [-0.2, -0.15) is 13.2 Å². The van der Waals surface area contributed by atoms with Crippen LogP contribution >= 0.6 is 0 Å². The second-order valence-corrected chi connectivity index (χ2v) is 8.89. The van der Waals surface area contributed by atoms with E-state index in [1.807, 2.05) is 24.3 Å². The van der Waals surface area contributed by atoms with Gasteiger partial charge in [0.1, 0.15) is 11.4 Å². The van der Waals surface area contributed by atoms with Crippen LogP contribution in [0.1, 0.15) is 31.9 Å². The molecule has 0 radical (unpaired) electrons. The number of piperazine rings is 1. The molecular formula is C23H26F3N3O4. The maximum absolute atomic E-state index is 12.9. The highest BCUT2D eigenvalue weighted by molar-refractivity contribution is 5.78. The summed E-state index contributed by atoms with van der Waals surface area (Å²) in [5.41, 5.74) is -0.410. The average Bonchev–Trinajstić information content (AvgIpc) is 2.76. The lowest BCUT2D eigenvalue weighted by Crippen LogP contribution is -2.50. The van der Waals surface area contributed by atoms with Crippen molar-refractivity contribution in [3.8, 4) is 5.75 Å². The van der Waals surface area contributed by atoms with E-state index in [1.165, 1.54) is 0 Å². The van der Waals surface area contributed by atoms with E-state index in [9.17, 15) is 28.1 Å². The van der Waals surface area contributed by atoms with Crippen LogP contribution in [0.4, 0.5) is 24.5 Å². The number of hydrogen-bond donors (Lipinski definition) is 0. The van der Waals surface area contributed by atoms with Crippen molar-refractivity contribution in [1.82, 2.24) is 4.90 Å². The second-order valence-electron chi connectivity index (χ2n) is 8.89. The summed E-state index contributed by atoms with van der Waals surface area (Å²) in [4.78, 5) is 26.2. The Morgan fingerprint density at radius 2 is 1.58 bits per heavy atom. The van der Waals surface area contributed by atoms with Crippen LogP contribution in [0.2, 0.25) is 0 Å². The van der Waals surface area contributed by atoms with Gasteiger partial charge in [-0.25, -0.2) is 0 Å². The number of hydrogen-bond acceptors (Lipinski definition) is 5. The van der Waals surface area contributed by atoms with E-state index >= 15 is 0 Å². The molecule has 10 heteroatoms. The summed E-state index contributed by atoms with van der Waals surface area (Å²) in [5, 5.41) is 11.3. The molecule has 2 aromatic rings. The molecule has 178 valence electrons. The molecular weight excluding hydrogens is 439 g/mol. The zero-order chi connectivity index (χ0) is 24.4. The third-order valence-corrected chi connectivity index (χ3v) is 5.56. The Morgan fingerprint density at radius 1 is 1.00 bits per heavy atom. The first-order chi connectivity index (χ1) is 15.4. The van der Waals surface area contributed by atoms with Crippen molar-refractivity contribution in [2.24, 2.45) is 0 Å². The number of nitro groups is 1. The van der Waals surface area contributed by atoms with Gasteiger partial charge in [-0.3, -0.25) is 14.9 Å². The van der Waals surface area contributed by atoms with Crippen LogP contribution < -0.4 is 9.64 Å². The van der Waals surface area contributed by atoms with E-state index in [4.69, 9.17) is 4.74 Å². The van der Waals surface area contributed by atoms with Crippen molar-refractivity contribution < 1.29 is 27.6 Å². The Hall–Kier alpha value is -3.30. The minimum absolute atomic E-state index is 0.0101. The first-order valence-electron chi connectivity index (χ1n) is 10.5. The number of carbonyl (C=O) groups is 1. The number of anilines is 1. The summed E-state index contributed by atoms with van der Waals surface area (Å²) in [6.07, 6.45) is -4.67. The quantitative estimate of drug-likeness (QED) is 0.475.